The van der Waals surface area contributed by atoms with Gasteiger partial charge >= 0.3 is 5.97 Å². The van der Waals surface area contributed by atoms with Crippen molar-refractivity contribution in [2.24, 2.45) is 5.92 Å². The first-order valence-corrected chi connectivity index (χ1v) is 9.95. The molecule has 0 saturated heterocycles. The Labute approximate surface area is 172 Å². The van der Waals surface area contributed by atoms with Crippen LogP contribution < -0.4 is 5.32 Å². The average molecular weight is 410 g/mol. The Morgan fingerprint density at radius 1 is 0.964 bits per heavy atom. The van der Waals surface area contributed by atoms with Crippen LogP contribution in [0.1, 0.15) is 44.6 Å². The third-order valence-electron chi connectivity index (χ3n) is 5.94. The van der Waals surface area contributed by atoms with Crippen LogP contribution in [0.2, 0.25) is 10.0 Å². The summed E-state index contributed by atoms with van der Waals surface area (Å²) in [4.78, 5) is 11.5. The summed E-state index contributed by atoms with van der Waals surface area (Å²) >= 11 is 12.7. The van der Waals surface area contributed by atoms with Gasteiger partial charge in [-0.1, -0.05) is 53.5 Å². The lowest BCUT2D eigenvalue weighted by Gasteiger charge is -2.38. The molecule has 1 aliphatic heterocycles. The number of hydrogen-bond donors (Lipinski definition) is 2. The highest BCUT2D eigenvalue weighted by atomic mass is 35.5. The molecule has 0 unspecified atom stereocenters. The van der Waals surface area contributed by atoms with Crippen LogP contribution in [0.15, 0.2) is 60.7 Å². The van der Waals surface area contributed by atoms with Crippen molar-refractivity contribution in [3.8, 4) is 0 Å². The van der Waals surface area contributed by atoms with Crippen LogP contribution in [0.4, 0.5) is 5.69 Å². The van der Waals surface area contributed by atoms with E-state index in [0.717, 1.165) is 23.2 Å². The minimum atomic E-state index is -0.909. The summed E-state index contributed by atoms with van der Waals surface area (Å²) in [5.41, 5.74) is 5.90. The van der Waals surface area contributed by atoms with Crippen LogP contribution >= 0.6 is 23.2 Å². The molecule has 3 atom stereocenters. The summed E-state index contributed by atoms with van der Waals surface area (Å²) < 4.78 is 0. The molecule has 5 heteroatoms. The number of halogens is 2. The Morgan fingerprint density at radius 3 is 2.57 bits per heavy atom. The zero-order valence-electron chi connectivity index (χ0n) is 14.8. The molecule has 0 saturated carbocycles. The van der Waals surface area contributed by atoms with Crippen LogP contribution in [0.25, 0.3) is 0 Å². The van der Waals surface area contributed by atoms with Crippen molar-refractivity contribution in [3.05, 3.63) is 98.5 Å². The summed E-state index contributed by atoms with van der Waals surface area (Å²) in [5, 5.41) is 14.3. The summed E-state index contributed by atoms with van der Waals surface area (Å²) in [6, 6.07) is 19.4. The fourth-order valence-electron chi connectivity index (χ4n) is 4.76. The topological polar surface area (TPSA) is 49.3 Å². The zero-order valence-corrected chi connectivity index (χ0v) is 16.3. The highest BCUT2D eigenvalue weighted by Crippen LogP contribution is 2.54. The fourth-order valence-corrected chi connectivity index (χ4v) is 5.28. The van der Waals surface area contributed by atoms with E-state index < -0.39 is 5.97 Å². The highest BCUT2D eigenvalue weighted by Gasteiger charge is 2.43. The summed E-state index contributed by atoms with van der Waals surface area (Å²) in [7, 11) is 0. The molecule has 140 valence electrons. The molecule has 0 fully saturated rings. The molecule has 0 aromatic heterocycles. The van der Waals surface area contributed by atoms with Crippen molar-refractivity contribution in [1.82, 2.24) is 0 Å². The smallest absolute Gasteiger partial charge is 0.335 e. The van der Waals surface area contributed by atoms with E-state index in [1.54, 1.807) is 12.1 Å². The second-order valence-corrected chi connectivity index (χ2v) is 8.28. The first kappa shape index (κ1) is 17.6. The molecule has 3 nitrogen and oxygen atoms in total. The third-order valence-corrected chi connectivity index (χ3v) is 6.51. The molecule has 1 aliphatic carbocycles. The summed E-state index contributed by atoms with van der Waals surface area (Å²) in [6.07, 6.45) is 0.911. The van der Waals surface area contributed by atoms with Gasteiger partial charge in [0.1, 0.15) is 0 Å². The Hall–Kier alpha value is -2.49. The standard InChI is InChI=1S/C23H17Cl2NO2/c24-14-6-7-16(19(25)11-14)22-18-9-12-3-1-2-4-15(12)21(18)17-10-13(23(27)28)5-8-20(17)26-22/h1-8,10-11,18,21-22,26H,9H2,(H,27,28)/t18-,21-,22-/m0/s1. The number of rotatable bonds is 2. The minimum Gasteiger partial charge on any atom is -0.478 e. The molecule has 5 rings (SSSR count). The van der Waals surface area contributed by atoms with Gasteiger partial charge in [-0.05, 0) is 64.9 Å². The van der Waals surface area contributed by atoms with E-state index in [4.69, 9.17) is 23.2 Å². The molecular weight excluding hydrogens is 393 g/mol. The van der Waals surface area contributed by atoms with Gasteiger partial charge in [-0.3, -0.25) is 0 Å². The number of nitrogens with one attached hydrogen (secondary N) is 1. The van der Waals surface area contributed by atoms with Gasteiger partial charge in [0.25, 0.3) is 0 Å². The highest BCUT2D eigenvalue weighted by molar-refractivity contribution is 6.35. The van der Waals surface area contributed by atoms with E-state index in [2.05, 4.69) is 23.5 Å². The molecule has 0 bridgehead atoms. The third kappa shape index (κ3) is 2.69. The zero-order chi connectivity index (χ0) is 19.4. The van der Waals surface area contributed by atoms with Gasteiger partial charge < -0.3 is 10.4 Å². The monoisotopic (exact) mass is 409 g/mol. The predicted molar refractivity (Wildman–Crippen MR) is 112 cm³/mol. The Morgan fingerprint density at radius 2 is 1.79 bits per heavy atom. The van der Waals surface area contributed by atoms with Crippen LogP contribution in [0.5, 0.6) is 0 Å². The van der Waals surface area contributed by atoms with E-state index in [-0.39, 0.29) is 17.9 Å². The molecule has 2 N–H and O–H groups in total. The number of carbonyl (C=O) groups is 1. The molecule has 3 aromatic rings. The maximum absolute atomic E-state index is 11.5. The Bertz CT molecular complexity index is 1110. The Balaban J connectivity index is 1.70. The minimum absolute atomic E-state index is 0.0188. The van der Waals surface area contributed by atoms with Gasteiger partial charge in [0.2, 0.25) is 0 Å². The van der Waals surface area contributed by atoms with E-state index in [0.29, 0.717) is 15.6 Å². The number of fused-ring (bicyclic) bond motifs is 5. The maximum atomic E-state index is 11.5. The van der Waals surface area contributed by atoms with E-state index in [9.17, 15) is 9.90 Å². The molecule has 0 spiro atoms. The van der Waals surface area contributed by atoms with Gasteiger partial charge in [0.15, 0.2) is 0 Å². The normalized spacial score (nSPS) is 22.0. The second-order valence-electron chi connectivity index (χ2n) is 7.44. The van der Waals surface area contributed by atoms with E-state index >= 15 is 0 Å². The van der Waals surface area contributed by atoms with Crippen molar-refractivity contribution in [2.75, 3.05) is 5.32 Å². The Kier molecular flexibility index (Phi) is 4.11. The van der Waals surface area contributed by atoms with E-state index in [1.165, 1.54) is 11.1 Å². The van der Waals surface area contributed by atoms with Crippen LogP contribution in [0, 0.1) is 5.92 Å². The van der Waals surface area contributed by atoms with Crippen molar-refractivity contribution < 1.29 is 9.90 Å². The molecule has 3 aromatic carbocycles. The lowest BCUT2D eigenvalue weighted by molar-refractivity contribution is 0.0696. The summed E-state index contributed by atoms with van der Waals surface area (Å²) in [6.45, 7) is 0. The van der Waals surface area contributed by atoms with E-state index in [1.807, 2.05) is 30.3 Å². The second kappa shape index (κ2) is 6.54. The summed E-state index contributed by atoms with van der Waals surface area (Å²) in [5.74, 6) is -0.537. The number of carboxylic acid groups (broad SMARTS) is 1. The van der Waals surface area contributed by atoms with Crippen molar-refractivity contribution >= 4 is 34.9 Å². The quantitative estimate of drug-likeness (QED) is 0.532. The molecule has 1 heterocycles. The molecule has 28 heavy (non-hydrogen) atoms. The lowest BCUT2D eigenvalue weighted by atomic mass is 9.75. The van der Waals surface area contributed by atoms with Gasteiger partial charge in [0.05, 0.1) is 11.6 Å². The predicted octanol–water partition coefficient (Wildman–Crippen LogP) is 6.16. The average Bonchev–Trinajstić information content (AvgIpc) is 3.07. The number of aromatic carboxylic acids is 1. The van der Waals surface area contributed by atoms with Crippen molar-refractivity contribution in [3.63, 3.8) is 0 Å². The fraction of sp³-hybridized carbons (Fsp3) is 0.174. The molecule has 0 amide bonds. The van der Waals surface area contributed by atoms with Crippen molar-refractivity contribution in [1.29, 1.82) is 0 Å². The lowest BCUT2D eigenvalue weighted by Crippen LogP contribution is -2.30. The first-order chi connectivity index (χ1) is 13.5. The van der Waals surface area contributed by atoms with Gasteiger partial charge in [-0.25, -0.2) is 4.79 Å². The van der Waals surface area contributed by atoms with Crippen LogP contribution in [-0.2, 0) is 6.42 Å². The van der Waals surface area contributed by atoms with Crippen LogP contribution in [0.3, 0.4) is 0 Å². The molecule has 0 radical (unpaired) electrons. The van der Waals surface area contributed by atoms with Crippen LogP contribution in [-0.4, -0.2) is 11.1 Å². The first-order valence-electron chi connectivity index (χ1n) is 9.19. The maximum Gasteiger partial charge on any atom is 0.335 e. The van der Waals surface area contributed by atoms with Gasteiger partial charge in [-0.2, -0.15) is 0 Å². The largest absolute Gasteiger partial charge is 0.478 e. The van der Waals surface area contributed by atoms with Crippen molar-refractivity contribution in [2.45, 2.75) is 18.4 Å². The molecule has 2 aliphatic rings. The SMILES string of the molecule is O=C(O)c1ccc2c(c1)[C@@H]1c3ccccc3C[C@@H]1[C@H](c1ccc(Cl)cc1Cl)N2. The number of benzene rings is 3. The molecular formula is C23H17Cl2NO2. The number of hydrogen-bond acceptors (Lipinski definition) is 2. The number of anilines is 1. The van der Waals surface area contributed by atoms with Gasteiger partial charge in [0, 0.05) is 21.7 Å². The van der Waals surface area contributed by atoms with Gasteiger partial charge in [-0.15, -0.1) is 0 Å². The number of carboxylic acids is 1.